The quantitative estimate of drug-likeness (QED) is 0.715. The highest BCUT2D eigenvalue weighted by atomic mass is 79.9. The summed E-state index contributed by atoms with van der Waals surface area (Å²) in [6.07, 6.45) is 5.61. The molecule has 3 aromatic rings. The molecule has 0 saturated heterocycles. The lowest BCUT2D eigenvalue weighted by molar-refractivity contribution is 0.533. The van der Waals surface area contributed by atoms with Crippen molar-refractivity contribution in [3.05, 3.63) is 59.0 Å². The van der Waals surface area contributed by atoms with Gasteiger partial charge < -0.3 is 5.73 Å². The predicted octanol–water partition coefficient (Wildman–Crippen LogP) is 4.59. The Kier molecular flexibility index (Phi) is 5.03. The van der Waals surface area contributed by atoms with Crippen molar-refractivity contribution < 1.29 is 0 Å². The van der Waals surface area contributed by atoms with Crippen molar-refractivity contribution in [1.82, 2.24) is 9.97 Å². The predicted molar refractivity (Wildman–Crippen MR) is 99.2 cm³/mol. The van der Waals surface area contributed by atoms with Crippen LogP contribution in [0.25, 0.3) is 22.0 Å². The first-order chi connectivity index (χ1) is 11.2. The van der Waals surface area contributed by atoms with Gasteiger partial charge in [0, 0.05) is 27.9 Å². The van der Waals surface area contributed by atoms with E-state index in [1.165, 1.54) is 5.56 Å². The Hall–Kier alpha value is -1.78. The summed E-state index contributed by atoms with van der Waals surface area (Å²) < 4.78 is 1.09. The number of halogens is 1. The molecule has 3 rings (SSSR count). The maximum absolute atomic E-state index is 5.64. The number of nitrogens with two attached hydrogens (primary N) is 1. The fourth-order valence-corrected chi connectivity index (χ4v) is 3.39. The Bertz CT molecular complexity index is 802. The van der Waals surface area contributed by atoms with Crippen LogP contribution >= 0.6 is 15.9 Å². The number of nitrogens with zero attached hydrogens (tertiary/aromatic N) is 2. The molecule has 0 amide bonds. The SMILES string of the molecule is CC(CCN)Cc1cc(Br)c2cc(-c3ccncc3)ccc2n1. The van der Waals surface area contributed by atoms with Gasteiger partial charge in [-0.1, -0.05) is 28.9 Å². The van der Waals surface area contributed by atoms with E-state index in [-0.39, 0.29) is 0 Å². The Morgan fingerprint density at radius 3 is 2.61 bits per heavy atom. The van der Waals surface area contributed by atoms with Crippen molar-refractivity contribution in [2.45, 2.75) is 19.8 Å². The average Bonchev–Trinajstić information content (AvgIpc) is 2.55. The smallest absolute Gasteiger partial charge is 0.0717 e. The maximum atomic E-state index is 5.64. The standard InChI is InChI=1S/C19H20BrN3/c1-13(4-7-21)10-16-12-18(20)17-11-15(2-3-19(17)23-16)14-5-8-22-9-6-14/h2-3,5-6,8-9,11-13H,4,7,10,21H2,1H3. The second kappa shape index (κ2) is 7.20. The lowest BCUT2D eigenvalue weighted by Crippen LogP contribution is -2.09. The topological polar surface area (TPSA) is 51.8 Å². The molecular weight excluding hydrogens is 350 g/mol. The first-order valence-electron chi connectivity index (χ1n) is 7.87. The van der Waals surface area contributed by atoms with Crippen LogP contribution in [-0.4, -0.2) is 16.5 Å². The van der Waals surface area contributed by atoms with Gasteiger partial charge in [0.05, 0.1) is 5.52 Å². The minimum atomic E-state index is 0.549. The highest BCUT2D eigenvalue weighted by Crippen LogP contribution is 2.29. The van der Waals surface area contributed by atoms with Crippen molar-refractivity contribution in [2.24, 2.45) is 11.7 Å². The third kappa shape index (κ3) is 3.77. The molecular formula is C19H20BrN3. The third-order valence-electron chi connectivity index (χ3n) is 4.04. The normalized spacial score (nSPS) is 12.5. The Labute approximate surface area is 145 Å². The van der Waals surface area contributed by atoms with Crippen LogP contribution in [0, 0.1) is 5.92 Å². The molecule has 0 saturated carbocycles. The van der Waals surface area contributed by atoms with Gasteiger partial charge in [-0.15, -0.1) is 0 Å². The van der Waals surface area contributed by atoms with Gasteiger partial charge >= 0.3 is 0 Å². The minimum absolute atomic E-state index is 0.549. The number of fused-ring (bicyclic) bond motifs is 1. The van der Waals surface area contributed by atoms with Crippen LogP contribution in [0.2, 0.25) is 0 Å². The van der Waals surface area contributed by atoms with E-state index < -0.39 is 0 Å². The van der Waals surface area contributed by atoms with E-state index in [4.69, 9.17) is 10.7 Å². The molecule has 0 spiro atoms. The third-order valence-corrected chi connectivity index (χ3v) is 4.70. The summed E-state index contributed by atoms with van der Waals surface area (Å²) >= 11 is 3.71. The molecule has 23 heavy (non-hydrogen) atoms. The molecule has 0 fully saturated rings. The maximum Gasteiger partial charge on any atom is 0.0717 e. The summed E-state index contributed by atoms with van der Waals surface area (Å²) in [7, 11) is 0. The second-order valence-electron chi connectivity index (χ2n) is 5.95. The average molecular weight is 370 g/mol. The molecule has 118 valence electrons. The zero-order valence-corrected chi connectivity index (χ0v) is 14.8. The van der Waals surface area contributed by atoms with E-state index in [9.17, 15) is 0 Å². The van der Waals surface area contributed by atoms with Gasteiger partial charge in [-0.05, 0) is 66.8 Å². The van der Waals surface area contributed by atoms with Crippen LogP contribution < -0.4 is 5.73 Å². The summed E-state index contributed by atoms with van der Waals surface area (Å²) in [6, 6.07) is 12.6. The number of rotatable bonds is 5. The molecule has 1 aromatic carbocycles. The Morgan fingerprint density at radius 1 is 1.09 bits per heavy atom. The van der Waals surface area contributed by atoms with Gasteiger partial charge in [-0.2, -0.15) is 0 Å². The zero-order chi connectivity index (χ0) is 16.2. The molecule has 2 heterocycles. The molecule has 4 heteroatoms. The molecule has 1 unspecified atom stereocenters. The van der Waals surface area contributed by atoms with Crippen LogP contribution in [0.15, 0.2) is 53.3 Å². The fourth-order valence-electron chi connectivity index (χ4n) is 2.81. The van der Waals surface area contributed by atoms with E-state index in [0.717, 1.165) is 46.0 Å². The number of hydrogen-bond acceptors (Lipinski definition) is 3. The van der Waals surface area contributed by atoms with E-state index >= 15 is 0 Å². The number of pyridine rings is 2. The molecule has 1 atom stereocenters. The molecule has 0 aliphatic carbocycles. The van der Waals surface area contributed by atoms with Gasteiger partial charge in [0.25, 0.3) is 0 Å². The lowest BCUT2D eigenvalue weighted by Gasteiger charge is -2.12. The van der Waals surface area contributed by atoms with Crippen molar-refractivity contribution >= 4 is 26.8 Å². The largest absolute Gasteiger partial charge is 0.330 e. The summed E-state index contributed by atoms with van der Waals surface area (Å²) in [4.78, 5) is 8.88. The summed E-state index contributed by atoms with van der Waals surface area (Å²) in [5.41, 5.74) is 10.1. The number of benzene rings is 1. The van der Waals surface area contributed by atoms with E-state index in [1.807, 2.05) is 24.5 Å². The summed E-state index contributed by atoms with van der Waals surface area (Å²) in [5, 5.41) is 1.13. The first-order valence-corrected chi connectivity index (χ1v) is 8.66. The van der Waals surface area contributed by atoms with Crippen LogP contribution in [0.5, 0.6) is 0 Å². The van der Waals surface area contributed by atoms with Crippen molar-refractivity contribution in [2.75, 3.05) is 6.54 Å². The van der Waals surface area contributed by atoms with Crippen molar-refractivity contribution in [1.29, 1.82) is 0 Å². The van der Waals surface area contributed by atoms with Gasteiger partial charge in [0.15, 0.2) is 0 Å². The van der Waals surface area contributed by atoms with Gasteiger partial charge in [0.2, 0.25) is 0 Å². The lowest BCUT2D eigenvalue weighted by atomic mass is 10.00. The molecule has 0 bridgehead atoms. The molecule has 2 aromatic heterocycles. The van der Waals surface area contributed by atoms with Gasteiger partial charge in [-0.3, -0.25) is 9.97 Å². The second-order valence-corrected chi connectivity index (χ2v) is 6.80. The Balaban J connectivity index is 1.96. The molecule has 0 aliphatic heterocycles. The first kappa shape index (κ1) is 16.1. The number of hydrogen-bond donors (Lipinski definition) is 1. The van der Waals surface area contributed by atoms with Crippen molar-refractivity contribution in [3.8, 4) is 11.1 Å². The van der Waals surface area contributed by atoms with Gasteiger partial charge in [-0.25, -0.2) is 0 Å². The number of aromatic nitrogens is 2. The van der Waals surface area contributed by atoms with E-state index in [1.54, 1.807) is 0 Å². The molecule has 2 N–H and O–H groups in total. The molecule has 0 aliphatic rings. The zero-order valence-electron chi connectivity index (χ0n) is 13.2. The van der Waals surface area contributed by atoms with E-state index in [0.29, 0.717) is 5.92 Å². The highest BCUT2D eigenvalue weighted by molar-refractivity contribution is 9.10. The van der Waals surface area contributed by atoms with E-state index in [2.05, 4.69) is 52.1 Å². The Morgan fingerprint density at radius 2 is 1.87 bits per heavy atom. The summed E-state index contributed by atoms with van der Waals surface area (Å²) in [5.74, 6) is 0.549. The van der Waals surface area contributed by atoms with Crippen molar-refractivity contribution in [3.63, 3.8) is 0 Å². The van der Waals surface area contributed by atoms with Crippen LogP contribution in [-0.2, 0) is 6.42 Å². The van der Waals surface area contributed by atoms with Crippen LogP contribution in [0.1, 0.15) is 19.0 Å². The highest BCUT2D eigenvalue weighted by Gasteiger charge is 2.09. The fraction of sp³-hybridized carbons (Fsp3) is 0.263. The minimum Gasteiger partial charge on any atom is -0.330 e. The van der Waals surface area contributed by atoms with Crippen LogP contribution in [0.4, 0.5) is 0 Å². The van der Waals surface area contributed by atoms with Crippen LogP contribution in [0.3, 0.4) is 0 Å². The molecule has 3 nitrogen and oxygen atoms in total. The summed E-state index contributed by atoms with van der Waals surface area (Å²) in [6.45, 7) is 2.95. The monoisotopic (exact) mass is 369 g/mol. The molecule has 0 radical (unpaired) electrons. The van der Waals surface area contributed by atoms with Gasteiger partial charge in [0.1, 0.15) is 0 Å².